The monoisotopic (exact) mass is 1530 g/mol. The Morgan fingerprint density at radius 3 is 0.703 bits per heavy atom. The minimum atomic E-state index is -0.800. The summed E-state index contributed by atoms with van der Waals surface area (Å²) in [5.41, 5.74) is 2.44. The van der Waals surface area contributed by atoms with Gasteiger partial charge < -0.3 is 75.1 Å². The number of fused-ring (bicyclic) bond motifs is 15. The Morgan fingerprint density at radius 2 is 0.541 bits per heavy atom. The number of aliphatic hydroxyl groups is 5. The normalized spacial score (nSPS) is 34.9. The van der Waals surface area contributed by atoms with Crippen molar-refractivity contribution < 1.29 is 80.2 Å². The smallest absolute Gasteiger partial charge is 1.00 e. The van der Waals surface area contributed by atoms with Gasteiger partial charge in [0.1, 0.15) is 28.0 Å². The molecule has 0 aromatic heterocycles. The molecule has 0 spiro atoms. The van der Waals surface area contributed by atoms with Crippen LogP contribution in [0.3, 0.4) is 0 Å². The number of piperidine rings is 15. The molecule has 16 heterocycles. The van der Waals surface area contributed by atoms with E-state index in [1.807, 2.05) is 72.8 Å². The van der Waals surface area contributed by atoms with Gasteiger partial charge in [0.05, 0.1) is 63.6 Å². The van der Waals surface area contributed by atoms with Gasteiger partial charge in [0.25, 0.3) is 0 Å². The van der Waals surface area contributed by atoms with Crippen LogP contribution in [-0.4, -0.2) is 212 Å². The van der Waals surface area contributed by atoms with E-state index in [1.54, 1.807) is 0 Å². The predicted molar refractivity (Wildman–Crippen MR) is 434 cm³/mol. The molecular weight excluding hydrogens is 1390 g/mol. The molecule has 0 radical (unpaired) electrons. The Labute approximate surface area is 689 Å². The topological polar surface area (TPSA) is 167 Å². The van der Waals surface area contributed by atoms with E-state index in [1.165, 1.54) is 180 Å². The first-order valence-corrected chi connectivity index (χ1v) is 44.4. The summed E-state index contributed by atoms with van der Waals surface area (Å²) in [5, 5.41) is 54.8. The first-order valence-electron chi connectivity index (χ1n) is 44.4. The molecule has 10 bridgehead atoms. The molecule has 21 fully saturated rings. The summed E-state index contributed by atoms with van der Waals surface area (Å²) in [6.45, 7) is 20.2. The molecule has 10 atom stereocenters. The van der Waals surface area contributed by atoms with Crippen molar-refractivity contribution in [2.45, 2.75) is 219 Å². The second-order valence-electron chi connectivity index (χ2n) is 37.0. The van der Waals surface area contributed by atoms with Crippen molar-refractivity contribution in [1.29, 1.82) is 0 Å². The van der Waals surface area contributed by atoms with Crippen LogP contribution in [0.2, 0.25) is 0 Å². The molecule has 16 saturated heterocycles. The molecule has 21 aliphatic rings. The van der Waals surface area contributed by atoms with Crippen LogP contribution in [0, 0.1) is 59.2 Å². The summed E-state index contributed by atoms with van der Waals surface area (Å²) < 4.78 is 30.9. The minimum absolute atomic E-state index is 0. The molecule has 111 heavy (non-hydrogen) atoms. The largest absolute Gasteiger partial charge is 1.00 e. The molecule has 0 amide bonds. The Balaban J connectivity index is 0.000000113. The molecule has 602 valence electrons. The number of ether oxygens (including phenoxy) is 5. The Morgan fingerprint density at radius 1 is 0.315 bits per heavy atom. The third-order valence-corrected chi connectivity index (χ3v) is 30.8. The molecule has 5 saturated carbocycles. The summed E-state index contributed by atoms with van der Waals surface area (Å²) >= 11 is 0. The van der Waals surface area contributed by atoms with E-state index in [2.05, 4.69) is 103 Å². The van der Waals surface area contributed by atoms with Gasteiger partial charge in [-0.05, 0) is 281 Å². The first kappa shape index (κ1) is 82.6. The maximum atomic E-state index is 11.4. The Hall–Kier alpha value is -3.50. The molecular formula is C95H136N5NaO10. The van der Waals surface area contributed by atoms with Gasteiger partial charge >= 0.3 is 29.6 Å². The predicted octanol–water partition coefficient (Wildman–Crippen LogP) is 11.0. The van der Waals surface area contributed by atoms with Crippen molar-refractivity contribution in [3.63, 3.8) is 0 Å². The average Bonchev–Trinajstić information content (AvgIpc) is 1.58. The van der Waals surface area contributed by atoms with Gasteiger partial charge in [0.15, 0.2) is 0 Å². The second kappa shape index (κ2) is 38.1. The van der Waals surface area contributed by atoms with Crippen LogP contribution in [0.4, 0.5) is 0 Å². The van der Waals surface area contributed by atoms with Crippen molar-refractivity contribution in [1.82, 2.24) is 24.5 Å². The van der Waals surface area contributed by atoms with Crippen LogP contribution >= 0.6 is 0 Å². The molecule has 16 heteroatoms. The van der Waals surface area contributed by atoms with Crippen LogP contribution in [0.15, 0.2) is 152 Å². The standard InChI is InChI=1S/4C19H27NO2.C12H14O.C7H13NO.Na.H/c4*21-19(17-7-4-8-17,16-5-2-1-3-6-16)14-22-18-13-20-11-9-15(18)10-12-20;1-2-5-10(6-3-1)12(9-13-12)11-7-4-8-11;9-7-5-8-3-1-6(7)2-4-8;;/h4*1-3,5-6,15,17-18,21H,4,7-14H2;1-3,5-6,11H,4,7-9H2;6-7,9H,1-5H2;;/q;;;;;;+1;-1/t2*18-,19+;2*18-,19-;;;;/m1010..../s1. The van der Waals surface area contributed by atoms with Gasteiger partial charge in [-0.2, -0.15) is 0 Å². The molecule has 15 nitrogen and oxygen atoms in total. The van der Waals surface area contributed by atoms with E-state index in [-0.39, 0.29) is 42.7 Å². The fraction of sp³-hybridized carbons (Fsp3) is 0.684. The zero-order valence-electron chi connectivity index (χ0n) is 68.4. The number of hydrogen-bond donors (Lipinski definition) is 5. The number of aliphatic hydroxyl groups excluding tert-OH is 1. The van der Waals surface area contributed by atoms with Crippen molar-refractivity contribution in [3.8, 4) is 0 Å². The first-order chi connectivity index (χ1) is 53.8. The van der Waals surface area contributed by atoms with Gasteiger partial charge in [-0.15, -0.1) is 0 Å². The van der Waals surface area contributed by atoms with E-state index < -0.39 is 22.4 Å². The Bertz CT molecular complexity index is 3190. The number of benzene rings is 5. The Kier molecular flexibility index (Phi) is 28.3. The third kappa shape index (κ3) is 19.3. The van der Waals surface area contributed by atoms with Gasteiger partial charge in [-0.3, -0.25) is 0 Å². The summed E-state index contributed by atoms with van der Waals surface area (Å²) in [7, 11) is 0. The van der Waals surface area contributed by atoms with Crippen LogP contribution < -0.4 is 29.6 Å². The van der Waals surface area contributed by atoms with Crippen molar-refractivity contribution in [2.75, 3.05) is 131 Å². The maximum Gasteiger partial charge on any atom is 1.00 e. The van der Waals surface area contributed by atoms with Crippen molar-refractivity contribution in [2.24, 2.45) is 59.2 Å². The quantitative estimate of drug-likeness (QED) is 0.0328. The fourth-order valence-corrected chi connectivity index (χ4v) is 21.8. The van der Waals surface area contributed by atoms with Crippen molar-refractivity contribution >= 4 is 0 Å². The van der Waals surface area contributed by atoms with Gasteiger partial charge in [-0.1, -0.05) is 184 Å². The minimum Gasteiger partial charge on any atom is -1.00 e. The van der Waals surface area contributed by atoms with Crippen LogP contribution in [0.1, 0.15) is 190 Å². The maximum absolute atomic E-state index is 11.4. The molecule has 5 N–H and O–H groups in total. The van der Waals surface area contributed by atoms with E-state index >= 15 is 0 Å². The number of nitrogens with zero attached hydrogens (tertiary/aromatic N) is 5. The van der Waals surface area contributed by atoms with Gasteiger partial charge in [-0.25, -0.2) is 0 Å². The summed E-state index contributed by atoms with van der Waals surface area (Å²) in [6.07, 6.45) is 31.8. The summed E-state index contributed by atoms with van der Waals surface area (Å²) in [4.78, 5) is 12.4. The van der Waals surface area contributed by atoms with E-state index in [0.29, 0.717) is 104 Å². The summed E-state index contributed by atoms with van der Waals surface area (Å²) in [6, 6.07) is 51.3. The number of rotatable bonds is 22. The molecule has 26 rings (SSSR count). The SMILES string of the molecule is OC1CN2CCC1CC2.O[C@@](CO[C@@H]1CN2CCC1CC2)(c1ccccc1)C1CCC1.O[C@@](CO[C@H]1CN2CCC1CC2)(c1ccccc1)C1CCC1.O[C@](CO[C@@H]1CN2CCC1CC2)(c1ccccc1)C1CCC1.O[C@](CO[C@H]1CN2CCC1CC2)(c1ccccc1)C1CCC1.[H-].[Na+].c1ccc(C2(C3CCC3)CO2)cc1. The fourth-order valence-electron chi connectivity index (χ4n) is 21.8. The zero-order valence-corrected chi connectivity index (χ0v) is 69.4. The molecule has 16 aliphatic heterocycles. The van der Waals surface area contributed by atoms with Crippen LogP contribution in [-0.2, 0) is 51.7 Å². The van der Waals surface area contributed by atoms with E-state index in [9.17, 15) is 25.5 Å². The van der Waals surface area contributed by atoms with Crippen LogP contribution in [0.25, 0.3) is 0 Å². The molecule has 2 unspecified atom stereocenters. The second-order valence-corrected chi connectivity index (χ2v) is 37.0. The van der Waals surface area contributed by atoms with Gasteiger partial charge in [0.2, 0.25) is 0 Å². The molecule has 5 aliphatic carbocycles. The molecule has 5 aromatic carbocycles. The van der Waals surface area contributed by atoms with E-state index in [0.717, 1.165) is 119 Å². The third-order valence-electron chi connectivity index (χ3n) is 30.8. The molecule has 5 aromatic rings. The zero-order chi connectivity index (χ0) is 75.0. The summed E-state index contributed by atoms with van der Waals surface area (Å²) in [5.74, 6) is 5.67. The van der Waals surface area contributed by atoms with Gasteiger partial charge in [0, 0.05) is 32.7 Å². The number of hydrogen-bond acceptors (Lipinski definition) is 15. The van der Waals surface area contributed by atoms with Crippen LogP contribution in [0.5, 0.6) is 0 Å². The number of epoxide rings is 1. The average molecular weight is 1530 g/mol. The van der Waals surface area contributed by atoms with Crippen molar-refractivity contribution in [3.05, 3.63) is 179 Å². The van der Waals surface area contributed by atoms with E-state index in [4.69, 9.17) is 23.7 Å².